The minimum Gasteiger partial charge on any atom is -0.508 e. The fourth-order valence-corrected chi connectivity index (χ4v) is 4.29. The van der Waals surface area contributed by atoms with Crippen molar-refractivity contribution in [2.45, 2.75) is 18.9 Å². The summed E-state index contributed by atoms with van der Waals surface area (Å²) in [5.41, 5.74) is 8.94. The minimum atomic E-state index is 0.200. The Labute approximate surface area is 176 Å². The first-order chi connectivity index (χ1) is 14.6. The molecule has 2 aromatic heterocycles. The van der Waals surface area contributed by atoms with Gasteiger partial charge in [0.25, 0.3) is 0 Å². The normalized spacial score (nSPS) is 16.0. The van der Waals surface area contributed by atoms with Crippen LogP contribution in [0.25, 0.3) is 22.2 Å². The topological polar surface area (TPSA) is 104 Å². The monoisotopic (exact) mass is 410 g/mol. The molecule has 0 spiro atoms. The Morgan fingerprint density at radius 3 is 2.73 bits per heavy atom. The first-order valence-corrected chi connectivity index (χ1v) is 10.5. The summed E-state index contributed by atoms with van der Waals surface area (Å²) < 4.78 is 2.24. The maximum absolute atomic E-state index is 9.93. The maximum Gasteiger partial charge on any atom is 0.146 e. The largest absolute Gasteiger partial charge is 0.508 e. The molecule has 0 radical (unpaired) electrons. The number of hydrogen-bond acceptors (Lipinski definition) is 7. The van der Waals surface area contributed by atoms with Crippen LogP contribution >= 0.6 is 0 Å². The molecule has 4 rings (SSSR count). The third-order valence-electron chi connectivity index (χ3n) is 6.03. The van der Waals surface area contributed by atoms with Crippen LogP contribution in [-0.2, 0) is 0 Å². The molecular formula is C22H30N6O2. The van der Waals surface area contributed by atoms with E-state index in [0.717, 1.165) is 61.2 Å². The lowest BCUT2D eigenvalue weighted by atomic mass is 10.0. The van der Waals surface area contributed by atoms with Crippen molar-refractivity contribution >= 4 is 16.9 Å². The lowest BCUT2D eigenvalue weighted by molar-refractivity contribution is 0.156. The first kappa shape index (κ1) is 20.6. The average molecular weight is 411 g/mol. The van der Waals surface area contributed by atoms with Crippen LogP contribution < -0.4 is 5.73 Å². The van der Waals surface area contributed by atoms with Gasteiger partial charge in [-0.3, -0.25) is 0 Å². The molecule has 0 unspecified atom stereocenters. The Bertz CT molecular complexity index is 996. The molecule has 1 aliphatic rings. The zero-order chi connectivity index (χ0) is 21.1. The number of rotatable bonds is 7. The molecule has 3 heterocycles. The number of aromatic hydroxyl groups is 1. The number of nitrogens with zero attached hydrogens (tertiary/aromatic N) is 5. The number of nitrogens with two attached hydrogens (primary N) is 1. The van der Waals surface area contributed by atoms with Crippen molar-refractivity contribution in [1.29, 1.82) is 0 Å². The fraction of sp³-hybridized carbons (Fsp3) is 0.455. The van der Waals surface area contributed by atoms with Crippen LogP contribution in [0, 0.1) is 0 Å². The zero-order valence-electron chi connectivity index (χ0n) is 17.4. The van der Waals surface area contributed by atoms with E-state index < -0.39 is 0 Å². The number of phenolic OH excluding ortho intramolecular Hbond substituents is 1. The fourth-order valence-electron chi connectivity index (χ4n) is 4.29. The summed E-state index contributed by atoms with van der Waals surface area (Å²) in [6.07, 6.45) is 5.71. The lowest BCUT2D eigenvalue weighted by Gasteiger charge is -2.33. The summed E-state index contributed by atoms with van der Waals surface area (Å²) in [5.74, 6) is 0.685. The molecule has 1 fully saturated rings. The highest BCUT2D eigenvalue weighted by atomic mass is 16.3. The molecule has 0 aliphatic carbocycles. The minimum absolute atomic E-state index is 0.200. The van der Waals surface area contributed by atoms with E-state index in [0.29, 0.717) is 18.4 Å². The number of aliphatic hydroxyl groups is 1. The number of anilines is 1. The van der Waals surface area contributed by atoms with E-state index >= 15 is 0 Å². The van der Waals surface area contributed by atoms with Gasteiger partial charge in [-0.05, 0) is 37.6 Å². The van der Waals surface area contributed by atoms with Crippen molar-refractivity contribution in [1.82, 2.24) is 24.3 Å². The molecule has 8 heteroatoms. The molecule has 1 saturated heterocycles. The van der Waals surface area contributed by atoms with Gasteiger partial charge in [0.15, 0.2) is 0 Å². The summed E-state index contributed by atoms with van der Waals surface area (Å²) in [6.45, 7) is 4.94. The number of likely N-dealkylation sites (tertiary alicyclic amines) is 1. The van der Waals surface area contributed by atoms with Crippen LogP contribution in [0.3, 0.4) is 0 Å². The summed E-state index contributed by atoms with van der Waals surface area (Å²) in [6, 6.07) is 7.56. The van der Waals surface area contributed by atoms with E-state index in [9.17, 15) is 5.11 Å². The molecule has 0 saturated carbocycles. The molecule has 0 amide bonds. The van der Waals surface area contributed by atoms with E-state index in [4.69, 9.17) is 10.8 Å². The van der Waals surface area contributed by atoms with Gasteiger partial charge in [-0.15, -0.1) is 0 Å². The molecule has 30 heavy (non-hydrogen) atoms. The van der Waals surface area contributed by atoms with E-state index in [1.807, 2.05) is 19.2 Å². The van der Waals surface area contributed by atoms with Gasteiger partial charge in [-0.1, -0.05) is 12.1 Å². The van der Waals surface area contributed by atoms with Gasteiger partial charge < -0.3 is 30.3 Å². The number of fused-ring (bicyclic) bond motifs is 1. The standard InChI is InChI=1S/C22H30N6O2/c1-26(11-12-29)9-10-27-7-5-17(6-8-27)28-14-19(16-3-2-4-18(30)13-16)20-21(23)24-15-25-22(20)28/h2-4,13-15,17,29-30H,5-12H2,1H3,(H2,23,24,25). The Morgan fingerprint density at radius 1 is 1.20 bits per heavy atom. The number of aliphatic hydroxyl groups excluding tert-OH is 1. The molecule has 8 nitrogen and oxygen atoms in total. The maximum atomic E-state index is 9.93. The van der Waals surface area contributed by atoms with Gasteiger partial charge in [-0.25, -0.2) is 9.97 Å². The predicted molar refractivity (Wildman–Crippen MR) is 118 cm³/mol. The molecule has 4 N–H and O–H groups in total. The Balaban J connectivity index is 1.55. The summed E-state index contributed by atoms with van der Waals surface area (Å²) >= 11 is 0. The number of hydrogen-bond donors (Lipinski definition) is 3. The van der Waals surface area contributed by atoms with E-state index in [2.05, 4.69) is 30.5 Å². The van der Waals surface area contributed by atoms with Crippen molar-refractivity contribution in [3.63, 3.8) is 0 Å². The van der Waals surface area contributed by atoms with Crippen molar-refractivity contribution in [2.24, 2.45) is 0 Å². The molecule has 0 atom stereocenters. The average Bonchev–Trinajstić information content (AvgIpc) is 3.14. The van der Waals surface area contributed by atoms with Gasteiger partial charge in [0.2, 0.25) is 0 Å². The second-order valence-electron chi connectivity index (χ2n) is 8.06. The summed E-state index contributed by atoms with van der Waals surface area (Å²) in [5, 5.41) is 19.8. The molecule has 3 aromatic rings. The molecule has 0 bridgehead atoms. The third kappa shape index (κ3) is 4.26. The smallest absolute Gasteiger partial charge is 0.146 e. The van der Waals surface area contributed by atoms with Crippen molar-refractivity contribution in [2.75, 3.05) is 52.1 Å². The van der Waals surface area contributed by atoms with Gasteiger partial charge in [0.05, 0.1) is 12.0 Å². The van der Waals surface area contributed by atoms with Crippen molar-refractivity contribution in [3.05, 3.63) is 36.8 Å². The van der Waals surface area contributed by atoms with Crippen LogP contribution in [0.1, 0.15) is 18.9 Å². The highest BCUT2D eigenvalue weighted by Gasteiger charge is 2.24. The Hall–Kier alpha value is -2.68. The van der Waals surface area contributed by atoms with Crippen LogP contribution in [0.15, 0.2) is 36.8 Å². The van der Waals surface area contributed by atoms with Crippen molar-refractivity contribution in [3.8, 4) is 16.9 Å². The van der Waals surface area contributed by atoms with Gasteiger partial charge in [0, 0.05) is 50.5 Å². The lowest BCUT2D eigenvalue weighted by Crippen LogP contribution is -2.39. The Morgan fingerprint density at radius 2 is 2.00 bits per heavy atom. The van der Waals surface area contributed by atoms with Crippen LogP contribution in [0.5, 0.6) is 5.75 Å². The quantitative estimate of drug-likeness (QED) is 0.547. The summed E-state index contributed by atoms with van der Waals surface area (Å²) in [4.78, 5) is 13.4. The molecule has 160 valence electrons. The third-order valence-corrected chi connectivity index (χ3v) is 6.03. The number of nitrogen functional groups attached to an aromatic ring is 1. The SMILES string of the molecule is CN(CCO)CCN1CCC(n2cc(-c3cccc(O)c3)c3c(N)ncnc32)CC1. The Kier molecular flexibility index (Phi) is 6.17. The number of likely N-dealkylation sites (N-methyl/N-ethyl adjacent to an activating group) is 1. The molecule has 1 aromatic carbocycles. The van der Waals surface area contributed by atoms with Crippen LogP contribution in [-0.4, -0.2) is 80.9 Å². The number of phenols is 1. The van der Waals surface area contributed by atoms with Gasteiger partial charge in [-0.2, -0.15) is 0 Å². The number of aromatic nitrogens is 3. The zero-order valence-corrected chi connectivity index (χ0v) is 17.4. The van der Waals surface area contributed by atoms with Crippen LogP contribution in [0.2, 0.25) is 0 Å². The highest BCUT2D eigenvalue weighted by Crippen LogP contribution is 2.37. The second-order valence-corrected chi connectivity index (χ2v) is 8.06. The van der Waals surface area contributed by atoms with Gasteiger partial charge >= 0.3 is 0 Å². The van der Waals surface area contributed by atoms with Crippen LogP contribution in [0.4, 0.5) is 5.82 Å². The second kappa shape index (κ2) is 8.99. The molecular weight excluding hydrogens is 380 g/mol. The summed E-state index contributed by atoms with van der Waals surface area (Å²) in [7, 11) is 2.04. The van der Waals surface area contributed by atoms with Crippen molar-refractivity contribution < 1.29 is 10.2 Å². The first-order valence-electron chi connectivity index (χ1n) is 10.5. The number of piperidine rings is 1. The predicted octanol–water partition coefficient (Wildman–Crippen LogP) is 1.95. The van der Waals surface area contributed by atoms with E-state index in [1.165, 1.54) is 6.33 Å². The highest BCUT2D eigenvalue weighted by molar-refractivity contribution is 6.00. The van der Waals surface area contributed by atoms with Gasteiger partial charge in [0.1, 0.15) is 23.5 Å². The number of benzene rings is 1. The molecule has 1 aliphatic heterocycles. The van der Waals surface area contributed by atoms with E-state index in [-0.39, 0.29) is 12.4 Å². The van der Waals surface area contributed by atoms with E-state index in [1.54, 1.807) is 12.1 Å².